The van der Waals surface area contributed by atoms with E-state index in [9.17, 15) is 9.18 Å². The van der Waals surface area contributed by atoms with E-state index in [-0.39, 0.29) is 24.8 Å². The van der Waals surface area contributed by atoms with Crippen molar-refractivity contribution in [2.75, 3.05) is 6.54 Å². The Kier molecular flexibility index (Phi) is 4.96. The van der Waals surface area contributed by atoms with Gasteiger partial charge in [-0.3, -0.25) is 4.79 Å². The second-order valence-electron chi connectivity index (χ2n) is 5.39. The number of nitrogens with zero attached hydrogens (tertiary/aromatic N) is 2. The van der Waals surface area contributed by atoms with Crippen LogP contribution < -0.4 is 0 Å². The number of aromatic nitrogens is 1. The summed E-state index contributed by atoms with van der Waals surface area (Å²) in [4.78, 5) is 19.6. The number of hydrogen-bond acceptors (Lipinski definition) is 4. The molecule has 1 amide bonds. The van der Waals surface area contributed by atoms with Crippen LogP contribution in [0.15, 0.2) is 47.1 Å². The van der Waals surface area contributed by atoms with Gasteiger partial charge in [-0.2, -0.15) is 0 Å². The summed E-state index contributed by atoms with van der Waals surface area (Å²) in [6.45, 7) is 2.27. The summed E-state index contributed by atoms with van der Waals surface area (Å²) < 4.78 is 18.4. The molecule has 126 valence electrons. The van der Waals surface area contributed by atoms with Crippen LogP contribution in [0.1, 0.15) is 20.9 Å². The maximum atomic E-state index is 13.1. The van der Waals surface area contributed by atoms with Crippen LogP contribution in [-0.4, -0.2) is 22.3 Å². The Hall–Kier alpha value is -2.91. The highest BCUT2D eigenvalue weighted by Gasteiger charge is 2.22. The van der Waals surface area contributed by atoms with Gasteiger partial charge in [-0.1, -0.05) is 18.1 Å². The van der Waals surface area contributed by atoms with Crippen LogP contribution in [-0.2, 0) is 6.54 Å². The third-order valence-corrected chi connectivity index (χ3v) is 4.57. The van der Waals surface area contributed by atoms with E-state index < -0.39 is 0 Å². The number of amides is 1. The molecule has 2 heterocycles. The second kappa shape index (κ2) is 7.32. The first kappa shape index (κ1) is 16.9. The average molecular weight is 354 g/mol. The topological polar surface area (TPSA) is 46.3 Å². The molecule has 0 aliphatic rings. The lowest BCUT2D eigenvalue weighted by Gasteiger charge is -2.19. The van der Waals surface area contributed by atoms with Crippen LogP contribution in [0.3, 0.4) is 0 Å². The van der Waals surface area contributed by atoms with Gasteiger partial charge in [0.1, 0.15) is 11.5 Å². The molecule has 3 rings (SSSR count). The lowest BCUT2D eigenvalue weighted by molar-refractivity contribution is 0.0760. The lowest BCUT2D eigenvalue weighted by Crippen LogP contribution is -2.31. The molecular weight excluding hydrogens is 339 g/mol. The van der Waals surface area contributed by atoms with Gasteiger partial charge < -0.3 is 9.32 Å². The van der Waals surface area contributed by atoms with E-state index in [1.54, 1.807) is 30.5 Å². The number of halogens is 1. The molecule has 0 N–H and O–H groups in total. The van der Waals surface area contributed by atoms with Gasteiger partial charge in [0.15, 0.2) is 10.8 Å². The molecular formula is C19H15FN2O2S. The van der Waals surface area contributed by atoms with Gasteiger partial charge in [0.05, 0.1) is 12.8 Å². The van der Waals surface area contributed by atoms with E-state index in [0.717, 1.165) is 10.4 Å². The standard InChI is InChI=1S/C19H15FN2O2S/c1-3-10-22(12-14-6-8-15(20)9-7-14)19(23)17-13(2)25-18(21-17)16-5-4-11-24-16/h1,4-9,11H,10,12H2,2H3. The zero-order chi connectivity index (χ0) is 17.8. The number of carbonyl (C=O) groups excluding carboxylic acids is 1. The van der Waals surface area contributed by atoms with E-state index in [0.29, 0.717) is 16.5 Å². The van der Waals surface area contributed by atoms with Crippen LogP contribution in [0.5, 0.6) is 0 Å². The molecule has 0 saturated heterocycles. The van der Waals surface area contributed by atoms with Crippen molar-refractivity contribution in [3.63, 3.8) is 0 Å². The molecule has 0 unspecified atom stereocenters. The molecule has 0 bridgehead atoms. The van der Waals surface area contributed by atoms with E-state index in [1.807, 2.05) is 6.92 Å². The summed E-state index contributed by atoms with van der Waals surface area (Å²) >= 11 is 1.39. The zero-order valence-corrected chi connectivity index (χ0v) is 14.3. The average Bonchev–Trinajstić information content (AvgIpc) is 3.25. The molecule has 6 heteroatoms. The fourth-order valence-corrected chi connectivity index (χ4v) is 3.24. The van der Waals surface area contributed by atoms with Crippen molar-refractivity contribution < 1.29 is 13.6 Å². The van der Waals surface area contributed by atoms with Gasteiger partial charge in [-0.15, -0.1) is 17.8 Å². The smallest absolute Gasteiger partial charge is 0.274 e. The van der Waals surface area contributed by atoms with Crippen LogP contribution in [0, 0.1) is 25.1 Å². The molecule has 0 aliphatic carbocycles. The molecule has 3 aromatic rings. The predicted octanol–water partition coefficient (Wildman–Crippen LogP) is 4.13. The maximum absolute atomic E-state index is 13.1. The number of benzene rings is 1. The third kappa shape index (κ3) is 3.78. The minimum absolute atomic E-state index is 0.142. The highest BCUT2D eigenvalue weighted by Crippen LogP contribution is 2.28. The largest absolute Gasteiger partial charge is 0.462 e. The zero-order valence-electron chi connectivity index (χ0n) is 13.5. The number of furan rings is 1. The number of thiazole rings is 1. The van der Waals surface area contributed by atoms with Crippen molar-refractivity contribution >= 4 is 17.2 Å². The Labute approximate surface area is 148 Å². The minimum Gasteiger partial charge on any atom is -0.462 e. The first-order chi connectivity index (χ1) is 12.1. The van der Waals surface area contributed by atoms with Gasteiger partial charge in [0.25, 0.3) is 5.91 Å². The number of aryl methyl sites for hydroxylation is 1. The van der Waals surface area contributed by atoms with Crippen LogP contribution >= 0.6 is 11.3 Å². The minimum atomic E-state index is -0.322. The van der Waals surface area contributed by atoms with Gasteiger partial charge in [-0.05, 0) is 36.8 Å². The monoisotopic (exact) mass is 354 g/mol. The van der Waals surface area contributed by atoms with Gasteiger partial charge in [0, 0.05) is 11.4 Å². The van der Waals surface area contributed by atoms with Crippen molar-refractivity contribution in [2.24, 2.45) is 0 Å². The molecule has 0 aliphatic heterocycles. The third-order valence-electron chi connectivity index (χ3n) is 3.59. The molecule has 0 fully saturated rings. The first-order valence-electron chi connectivity index (χ1n) is 7.57. The Morgan fingerprint density at radius 1 is 1.36 bits per heavy atom. The molecule has 1 aromatic carbocycles. The molecule has 0 saturated carbocycles. The van der Waals surface area contributed by atoms with Crippen LogP contribution in [0.4, 0.5) is 4.39 Å². The van der Waals surface area contributed by atoms with E-state index in [1.165, 1.54) is 28.4 Å². The van der Waals surface area contributed by atoms with E-state index in [4.69, 9.17) is 10.8 Å². The normalized spacial score (nSPS) is 10.4. The highest BCUT2D eigenvalue weighted by atomic mass is 32.1. The Balaban J connectivity index is 1.85. The predicted molar refractivity (Wildman–Crippen MR) is 94.5 cm³/mol. The number of hydrogen-bond donors (Lipinski definition) is 0. The summed E-state index contributed by atoms with van der Waals surface area (Å²) in [5, 5.41) is 0.647. The maximum Gasteiger partial charge on any atom is 0.274 e. The quantitative estimate of drug-likeness (QED) is 0.647. The number of rotatable bonds is 5. The molecule has 2 aromatic heterocycles. The lowest BCUT2D eigenvalue weighted by atomic mass is 10.2. The summed E-state index contributed by atoms with van der Waals surface area (Å²) in [5.74, 6) is 2.53. The number of carbonyl (C=O) groups is 1. The van der Waals surface area contributed by atoms with Crippen molar-refractivity contribution in [3.8, 4) is 23.1 Å². The Morgan fingerprint density at radius 2 is 2.12 bits per heavy atom. The van der Waals surface area contributed by atoms with E-state index >= 15 is 0 Å². The summed E-state index contributed by atoms with van der Waals surface area (Å²) in [7, 11) is 0. The Bertz CT molecular complexity index is 908. The SMILES string of the molecule is C#CCN(Cc1ccc(F)cc1)C(=O)c1nc(-c2ccco2)sc1C. The Morgan fingerprint density at radius 3 is 2.76 bits per heavy atom. The summed E-state index contributed by atoms with van der Waals surface area (Å²) in [5.41, 5.74) is 1.15. The fourth-order valence-electron chi connectivity index (χ4n) is 2.37. The molecule has 0 spiro atoms. The van der Waals surface area contributed by atoms with Gasteiger partial charge >= 0.3 is 0 Å². The molecule has 0 radical (unpaired) electrons. The summed E-state index contributed by atoms with van der Waals surface area (Å²) in [6.07, 6.45) is 6.97. The first-order valence-corrected chi connectivity index (χ1v) is 8.38. The molecule has 4 nitrogen and oxygen atoms in total. The number of terminal acetylenes is 1. The fraction of sp³-hybridized carbons (Fsp3) is 0.158. The van der Waals surface area contributed by atoms with Crippen molar-refractivity contribution in [3.05, 3.63) is 64.6 Å². The highest BCUT2D eigenvalue weighted by molar-refractivity contribution is 7.15. The van der Waals surface area contributed by atoms with Crippen molar-refractivity contribution in [2.45, 2.75) is 13.5 Å². The molecule has 25 heavy (non-hydrogen) atoms. The van der Waals surface area contributed by atoms with Crippen molar-refractivity contribution in [1.82, 2.24) is 9.88 Å². The van der Waals surface area contributed by atoms with Crippen molar-refractivity contribution in [1.29, 1.82) is 0 Å². The van der Waals surface area contributed by atoms with Crippen LogP contribution in [0.2, 0.25) is 0 Å². The van der Waals surface area contributed by atoms with Gasteiger partial charge in [-0.25, -0.2) is 9.37 Å². The van der Waals surface area contributed by atoms with E-state index in [2.05, 4.69) is 10.9 Å². The summed E-state index contributed by atoms with van der Waals surface area (Å²) in [6, 6.07) is 9.55. The van der Waals surface area contributed by atoms with Crippen LogP contribution in [0.25, 0.3) is 10.8 Å². The second-order valence-corrected chi connectivity index (χ2v) is 6.60. The molecule has 0 atom stereocenters. The van der Waals surface area contributed by atoms with Gasteiger partial charge in [0.2, 0.25) is 0 Å².